The van der Waals surface area contributed by atoms with Crippen LogP contribution in [0.2, 0.25) is 5.02 Å². The van der Waals surface area contributed by atoms with Crippen molar-refractivity contribution >= 4 is 40.0 Å². The lowest BCUT2D eigenvalue weighted by Gasteiger charge is -2.12. The number of fused-ring (bicyclic) bond motifs is 1. The maximum absolute atomic E-state index is 6.11. The number of aromatic nitrogens is 2. The molecule has 0 saturated carbocycles. The van der Waals surface area contributed by atoms with E-state index < -0.39 is 0 Å². The molecule has 2 aromatic heterocycles. The van der Waals surface area contributed by atoms with E-state index in [1.54, 1.807) is 6.26 Å². The summed E-state index contributed by atoms with van der Waals surface area (Å²) in [6, 6.07) is 17.4. The number of hydrogen-bond acceptors (Lipinski definition) is 5. The largest absolute Gasteiger partial charge is 0.467 e. The maximum Gasteiger partial charge on any atom is 0.229 e. The Morgan fingerprint density at radius 1 is 1.04 bits per heavy atom. The van der Waals surface area contributed by atoms with E-state index in [2.05, 4.69) is 20.6 Å². The van der Waals surface area contributed by atoms with Crippen molar-refractivity contribution in [3.63, 3.8) is 0 Å². The molecule has 0 radical (unpaired) electrons. The van der Waals surface area contributed by atoms with Gasteiger partial charge in [-0.2, -0.15) is 4.98 Å². The molecule has 0 aliphatic rings. The molecule has 0 aliphatic heterocycles. The van der Waals surface area contributed by atoms with Crippen LogP contribution in [0.25, 0.3) is 10.9 Å². The first-order chi connectivity index (χ1) is 12.7. The predicted molar refractivity (Wildman–Crippen MR) is 105 cm³/mol. The molecule has 5 nitrogen and oxygen atoms in total. The molecule has 4 rings (SSSR count). The van der Waals surface area contributed by atoms with Crippen LogP contribution < -0.4 is 10.6 Å². The fourth-order valence-corrected chi connectivity index (χ4v) is 2.87. The number of anilines is 3. The third-order valence-electron chi connectivity index (χ3n) is 4.06. The van der Waals surface area contributed by atoms with Crippen molar-refractivity contribution in [2.24, 2.45) is 0 Å². The van der Waals surface area contributed by atoms with Crippen LogP contribution in [0.4, 0.5) is 17.5 Å². The van der Waals surface area contributed by atoms with Crippen LogP contribution in [-0.2, 0) is 6.54 Å². The summed E-state index contributed by atoms with van der Waals surface area (Å²) < 4.78 is 5.39. The molecule has 2 heterocycles. The van der Waals surface area contributed by atoms with E-state index in [4.69, 9.17) is 16.0 Å². The number of hydrogen-bond donors (Lipinski definition) is 2. The number of nitrogens with one attached hydrogen (secondary N) is 2. The zero-order chi connectivity index (χ0) is 17.9. The van der Waals surface area contributed by atoms with Gasteiger partial charge in [0, 0.05) is 16.1 Å². The van der Waals surface area contributed by atoms with Gasteiger partial charge in [0.15, 0.2) is 0 Å². The fraction of sp³-hybridized carbons (Fsp3) is 0.100. The van der Waals surface area contributed by atoms with Crippen LogP contribution in [0.3, 0.4) is 0 Å². The summed E-state index contributed by atoms with van der Waals surface area (Å²) in [6.45, 7) is 2.55. The minimum absolute atomic E-state index is 0.510. The third-order valence-corrected chi connectivity index (χ3v) is 4.29. The van der Waals surface area contributed by atoms with Crippen LogP contribution in [0, 0.1) is 6.92 Å². The number of benzene rings is 2. The normalized spacial score (nSPS) is 10.8. The van der Waals surface area contributed by atoms with E-state index in [0.29, 0.717) is 17.5 Å². The van der Waals surface area contributed by atoms with E-state index in [9.17, 15) is 0 Å². The molecule has 0 bridgehead atoms. The van der Waals surface area contributed by atoms with Gasteiger partial charge in [-0.25, -0.2) is 4.98 Å². The van der Waals surface area contributed by atoms with E-state index in [0.717, 1.165) is 33.7 Å². The molecule has 0 amide bonds. The van der Waals surface area contributed by atoms with Gasteiger partial charge in [0.05, 0.1) is 18.3 Å². The molecule has 4 aromatic rings. The van der Waals surface area contributed by atoms with Gasteiger partial charge in [-0.05, 0) is 48.9 Å². The number of halogens is 1. The van der Waals surface area contributed by atoms with Crippen molar-refractivity contribution in [1.29, 1.82) is 0 Å². The number of rotatable bonds is 5. The van der Waals surface area contributed by atoms with Gasteiger partial charge >= 0.3 is 0 Å². The summed E-state index contributed by atoms with van der Waals surface area (Å²) in [7, 11) is 0. The van der Waals surface area contributed by atoms with Gasteiger partial charge in [0.25, 0.3) is 0 Å². The Bertz CT molecular complexity index is 1050. The fourth-order valence-electron chi connectivity index (χ4n) is 2.70. The molecule has 0 saturated heterocycles. The zero-order valence-corrected chi connectivity index (χ0v) is 14.9. The molecular formula is C20H17ClN4O. The average molecular weight is 365 g/mol. The van der Waals surface area contributed by atoms with E-state index in [1.807, 2.05) is 61.5 Å². The molecule has 6 heteroatoms. The van der Waals surface area contributed by atoms with Crippen LogP contribution in [-0.4, -0.2) is 9.97 Å². The molecule has 0 fully saturated rings. The molecule has 26 heavy (non-hydrogen) atoms. The molecular weight excluding hydrogens is 348 g/mol. The Balaban J connectivity index is 1.69. The maximum atomic E-state index is 6.11. The standard InChI is InChI=1S/C20H17ClN4O/c1-13-8-9-14(21)11-18(13)24-20-23-17-7-3-2-6-16(17)19(25-20)22-12-15-5-4-10-26-15/h2-11H,12H2,1H3,(H2,22,23,24,25). The minimum Gasteiger partial charge on any atom is -0.467 e. The second kappa shape index (κ2) is 7.06. The summed E-state index contributed by atoms with van der Waals surface area (Å²) in [4.78, 5) is 9.27. The minimum atomic E-state index is 0.510. The molecule has 0 aliphatic carbocycles. The summed E-state index contributed by atoms with van der Waals surface area (Å²) >= 11 is 6.11. The molecule has 2 aromatic carbocycles. The van der Waals surface area contributed by atoms with Crippen molar-refractivity contribution in [2.75, 3.05) is 10.6 Å². The Morgan fingerprint density at radius 3 is 2.77 bits per heavy atom. The monoisotopic (exact) mass is 364 g/mol. The van der Waals surface area contributed by atoms with E-state index in [1.165, 1.54) is 0 Å². The summed E-state index contributed by atoms with van der Waals surface area (Å²) in [5.74, 6) is 2.10. The summed E-state index contributed by atoms with van der Waals surface area (Å²) in [5, 5.41) is 8.21. The van der Waals surface area contributed by atoms with Crippen molar-refractivity contribution in [2.45, 2.75) is 13.5 Å². The van der Waals surface area contributed by atoms with Gasteiger partial charge in [-0.15, -0.1) is 0 Å². The Morgan fingerprint density at radius 2 is 1.92 bits per heavy atom. The molecule has 0 unspecified atom stereocenters. The first-order valence-electron chi connectivity index (χ1n) is 8.25. The SMILES string of the molecule is Cc1ccc(Cl)cc1Nc1nc(NCc2ccco2)c2ccccc2n1. The zero-order valence-electron chi connectivity index (χ0n) is 14.2. The number of furan rings is 1. The number of aryl methyl sites for hydroxylation is 1. The van der Waals surface area contributed by atoms with Crippen molar-refractivity contribution in [1.82, 2.24) is 9.97 Å². The highest BCUT2D eigenvalue weighted by molar-refractivity contribution is 6.30. The highest BCUT2D eigenvalue weighted by Crippen LogP contribution is 2.26. The molecule has 0 spiro atoms. The van der Waals surface area contributed by atoms with Crippen molar-refractivity contribution < 1.29 is 4.42 Å². The number of para-hydroxylation sites is 1. The molecule has 0 atom stereocenters. The van der Waals surface area contributed by atoms with Crippen LogP contribution >= 0.6 is 11.6 Å². The smallest absolute Gasteiger partial charge is 0.229 e. The quantitative estimate of drug-likeness (QED) is 0.486. The number of nitrogens with zero attached hydrogens (tertiary/aromatic N) is 2. The lowest BCUT2D eigenvalue weighted by molar-refractivity contribution is 0.518. The Hall–Kier alpha value is -3.05. The van der Waals surface area contributed by atoms with Crippen molar-refractivity contribution in [3.8, 4) is 0 Å². The van der Waals surface area contributed by atoms with Crippen LogP contribution in [0.1, 0.15) is 11.3 Å². The average Bonchev–Trinajstić information content (AvgIpc) is 3.16. The van der Waals surface area contributed by atoms with E-state index in [-0.39, 0.29) is 0 Å². The highest BCUT2D eigenvalue weighted by Gasteiger charge is 2.09. The second-order valence-electron chi connectivity index (χ2n) is 5.93. The van der Waals surface area contributed by atoms with Crippen LogP contribution in [0.15, 0.2) is 65.3 Å². The summed E-state index contributed by atoms with van der Waals surface area (Å²) in [6.07, 6.45) is 1.66. The third kappa shape index (κ3) is 3.48. The Labute approximate surface area is 156 Å². The first kappa shape index (κ1) is 16.4. The van der Waals surface area contributed by atoms with Crippen molar-refractivity contribution in [3.05, 3.63) is 77.2 Å². The predicted octanol–water partition coefficient (Wildman–Crippen LogP) is 5.54. The van der Waals surface area contributed by atoms with Crippen LogP contribution in [0.5, 0.6) is 0 Å². The lowest BCUT2D eigenvalue weighted by atomic mass is 10.2. The van der Waals surface area contributed by atoms with Gasteiger partial charge in [0.2, 0.25) is 5.95 Å². The highest BCUT2D eigenvalue weighted by atomic mass is 35.5. The lowest BCUT2D eigenvalue weighted by Crippen LogP contribution is -2.05. The van der Waals surface area contributed by atoms with Gasteiger partial charge in [-0.1, -0.05) is 29.8 Å². The topological polar surface area (TPSA) is 63.0 Å². The molecule has 130 valence electrons. The van der Waals surface area contributed by atoms with Gasteiger partial charge < -0.3 is 15.1 Å². The summed E-state index contributed by atoms with van der Waals surface area (Å²) in [5.41, 5.74) is 2.80. The second-order valence-corrected chi connectivity index (χ2v) is 6.37. The van der Waals surface area contributed by atoms with Gasteiger partial charge in [-0.3, -0.25) is 0 Å². The molecule has 2 N–H and O–H groups in total. The first-order valence-corrected chi connectivity index (χ1v) is 8.63. The van der Waals surface area contributed by atoms with Gasteiger partial charge in [0.1, 0.15) is 11.6 Å². The Kier molecular flexibility index (Phi) is 4.46. The van der Waals surface area contributed by atoms with E-state index >= 15 is 0 Å².